The maximum absolute atomic E-state index is 12.5. The van der Waals surface area contributed by atoms with Crippen LogP contribution in [0, 0.1) is 6.92 Å². The quantitative estimate of drug-likeness (QED) is 0.245. The molecule has 34 heavy (non-hydrogen) atoms. The van der Waals surface area contributed by atoms with E-state index in [1.54, 1.807) is 11.6 Å². The molecular formula is C27H23BrN4O2. The third kappa shape index (κ3) is 4.39. The van der Waals surface area contributed by atoms with Gasteiger partial charge in [-0.3, -0.25) is 4.79 Å². The minimum Gasteiger partial charge on any atom is -0.487 e. The Morgan fingerprint density at radius 3 is 2.53 bits per heavy atom. The standard InChI is InChI=1S/C27H23BrN4O2/c1-18-27(19(2)33)25-14-24(12-13-26(25)31(18)15-20-6-4-3-5-7-20)34-17-22-16-32(30-29-22)23-10-8-21(28)9-11-23/h3-14,16H,15,17H2,1-2H3. The first-order valence-electron chi connectivity index (χ1n) is 11.0. The highest BCUT2D eigenvalue weighted by atomic mass is 79.9. The van der Waals surface area contributed by atoms with Crippen molar-refractivity contribution in [3.8, 4) is 11.4 Å². The number of carbonyl (C=O) groups is 1. The van der Waals surface area contributed by atoms with Gasteiger partial charge < -0.3 is 9.30 Å². The third-order valence-corrected chi connectivity index (χ3v) is 6.38. The molecule has 3 aromatic carbocycles. The van der Waals surface area contributed by atoms with E-state index in [2.05, 4.69) is 42.9 Å². The minimum atomic E-state index is 0.0453. The van der Waals surface area contributed by atoms with Crippen LogP contribution < -0.4 is 4.74 Å². The molecule has 0 N–H and O–H groups in total. The van der Waals surface area contributed by atoms with Crippen LogP contribution in [-0.4, -0.2) is 25.3 Å². The maximum atomic E-state index is 12.5. The van der Waals surface area contributed by atoms with Crippen molar-refractivity contribution in [2.75, 3.05) is 0 Å². The first kappa shape index (κ1) is 22.1. The van der Waals surface area contributed by atoms with Gasteiger partial charge in [0.05, 0.1) is 11.9 Å². The number of ether oxygens (including phenoxy) is 1. The lowest BCUT2D eigenvalue weighted by Gasteiger charge is -2.09. The highest BCUT2D eigenvalue weighted by molar-refractivity contribution is 9.10. The van der Waals surface area contributed by atoms with Crippen LogP contribution in [-0.2, 0) is 13.2 Å². The van der Waals surface area contributed by atoms with Gasteiger partial charge in [0.25, 0.3) is 0 Å². The van der Waals surface area contributed by atoms with E-state index >= 15 is 0 Å². The number of benzene rings is 3. The summed E-state index contributed by atoms with van der Waals surface area (Å²) >= 11 is 3.44. The van der Waals surface area contributed by atoms with Crippen molar-refractivity contribution in [2.45, 2.75) is 27.0 Å². The molecular weight excluding hydrogens is 492 g/mol. The molecule has 0 radical (unpaired) electrons. The van der Waals surface area contributed by atoms with Crippen LogP contribution in [0.15, 0.2) is 83.5 Å². The Kier molecular flexibility index (Phi) is 6.02. The van der Waals surface area contributed by atoms with Gasteiger partial charge in [0.2, 0.25) is 0 Å². The molecule has 0 saturated carbocycles. The van der Waals surface area contributed by atoms with Crippen molar-refractivity contribution in [3.63, 3.8) is 0 Å². The van der Waals surface area contributed by atoms with Crippen LogP contribution in [0.1, 0.15) is 34.2 Å². The van der Waals surface area contributed by atoms with Crippen LogP contribution >= 0.6 is 15.9 Å². The normalized spacial score (nSPS) is 11.1. The summed E-state index contributed by atoms with van der Waals surface area (Å²) in [5.41, 5.74) is 5.53. The lowest BCUT2D eigenvalue weighted by Crippen LogP contribution is -2.03. The van der Waals surface area contributed by atoms with Crippen LogP contribution in [0.25, 0.3) is 16.6 Å². The number of fused-ring (bicyclic) bond motifs is 1. The first-order valence-corrected chi connectivity index (χ1v) is 11.8. The predicted octanol–water partition coefficient (Wildman–Crippen LogP) is 6.12. The second kappa shape index (κ2) is 9.27. The molecule has 0 aliphatic rings. The summed E-state index contributed by atoms with van der Waals surface area (Å²) in [5, 5.41) is 9.32. The van der Waals surface area contributed by atoms with Gasteiger partial charge in [-0.15, -0.1) is 5.10 Å². The number of hydrogen-bond acceptors (Lipinski definition) is 4. The topological polar surface area (TPSA) is 61.9 Å². The number of halogens is 1. The maximum Gasteiger partial charge on any atom is 0.162 e. The van der Waals surface area contributed by atoms with Gasteiger partial charge in [0.15, 0.2) is 5.78 Å². The molecule has 170 valence electrons. The zero-order valence-corrected chi connectivity index (χ0v) is 20.5. The molecule has 7 heteroatoms. The Hall–Kier alpha value is -3.71. The van der Waals surface area contributed by atoms with Crippen molar-refractivity contribution >= 4 is 32.6 Å². The molecule has 0 unspecified atom stereocenters. The first-order chi connectivity index (χ1) is 16.5. The van der Waals surface area contributed by atoms with Crippen molar-refractivity contribution in [1.82, 2.24) is 19.6 Å². The molecule has 2 aromatic heterocycles. The zero-order valence-electron chi connectivity index (χ0n) is 18.9. The summed E-state index contributed by atoms with van der Waals surface area (Å²) in [5.74, 6) is 0.731. The van der Waals surface area contributed by atoms with E-state index in [9.17, 15) is 4.79 Å². The van der Waals surface area contributed by atoms with Crippen LogP contribution in [0.5, 0.6) is 5.75 Å². The molecule has 2 heterocycles. The predicted molar refractivity (Wildman–Crippen MR) is 136 cm³/mol. The highest BCUT2D eigenvalue weighted by Crippen LogP contribution is 2.31. The molecule has 5 rings (SSSR count). The fourth-order valence-corrected chi connectivity index (χ4v) is 4.47. The van der Waals surface area contributed by atoms with E-state index in [0.717, 1.165) is 32.3 Å². The number of aromatic nitrogens is 4. The SMILES string of the molecule is CC(=O)c1c(C)n(Cc2ccccc2)c2ccc(OCc3cn(-c4ccc(Br)cc4)nn3)cc12. The van der Waals surface area contributed by atoms with E-state index < -0.39 is 0 Å². The molecule has 0 bridgehead atoms. The van der Waals surface area contributed by atoms with Crippen LogP contribution in [0.4, 0.5) is 0 Å². The number of carbonyl (C=O) groups excluding carboxylic acids is 1. The molecule has 0 spiro atoms. The van der Waals surface area contributed by atoms with Gasteiger partial charge in [-0.25, -0.2) is 4.68 Å². The van der Waals surface area contributed by atoms with Crippen LogP contribution in [0.3, 0.4) is 0 Å². The molecule has 0 aliphatic heterocycles. The van der Waals surface area contributed by atoms with Gasteiger partial charge in [-0.2, -0.15) is 0 Å². The van der Waals surface area contributed by atoms with Crippen molar-refractivity contribution in [3.05, 3.63) is 106 Å². The van der Waals surface area contributed by atoms with Gasteiger partial charge in [-0.1, -0.05) is 51.5 Å². The molecule has 5 aromatic rings. The van der Waals surface area contributed by atoms with Gasteiger partial charge >= 0.3 is 0 Å². The number of Topliss-reactive ketones (excluding diaryl/α,β-unsaturated/α-hetero) is 1. The van der Waals surface area contributed by atoms with Crippen molar-refractivity contribution in [1.29, 1.82) is 0 Å². The van der Waals surface area contributed by atoms with E-state index in [0.29, 0.717) is 18.0 Å². The van der Waals surface area contributed by atoms with E-state index in [-0.39, 0.29) is 12.4 Å². The van der Waals surface area contributed by atoms with Crippen molar-refractivity contribution < 1.29 is 9.53 Å². The average Bonchev–Trinajstić information content (AvgIpc) is 3.41. The summed E-state index contributed by atoms with van der Waals surface area (Å²) < 4.78 is 10.9. The number of ketones is 1. The second-order valence-corrected chi connectivity index (χ2v) is 9.10. The van der Waals surface area contributed by atoms with E-state index in [1.165, 1.54) is 5.56 Å². The number of nitrogens with zero attached hydrogens (tertiary/aromatic N) is 4. The lowest BCUT2D eigenvalue weighted by molar-refractivity contribution is 0.101. The number of hydrogen-bond donors (Lipinski definition) is 0. The molecule has 0 aliphatic carbocycles. The summed E-state index contributed by atoms with van der Waals surface area (Å²) in [7, 11) is 0. The fraction of sp³-hybridized carbons (Fsp3) is 0.148. The largest absolute Gasteiger partial charge is 0.487 e. The smallest absolute Gasteiger partial charge is 0.162 e. The van der Waals surface area contributed by atoms with E-state index in [1.807, 2.05) is 73.8 Å². The Bertz CT molecular complexity index is 1470. The third-order valence-electron chi connectivity index (χ3n) is 5.85. The minimum absolute atomic E-state index is 0.0453. The van der Waals surface area contributed by atoms with Crippen LogP contribution in [0.2, 0.25) is 0 Å². The zero-order chi connectivity index (χ0) is 23.7. The Morgan fingerprint density at radius 1 is 1.03 bits per heavy atom. The van der Waals surface area contributed by atoms with Crippen molar-refractivity contribution in [2.24, 2.45) is 0 Å². The summed E-state index contributed by atoms with van der Waals surface area (Å²) in [6.45, 7) is 4.60. The number of rotatable bonds is 7. The monoisotopic (exact) mass is 514 g/mol. The Morgan fingerprint density at radius 2 is 1.79 bits per heavy atom. The average molecular weight is 515 g/mol. The van der Waals surface area contributed by atoms with Gasteiger partial charge in [0.1, 0.15) is 18.1 Å². The molecule has 0 fully saturated rings. The molecule has 0 saturated heterocycles. The highest BCUT2D eigenvalue weighted by Gasteiger charge is 2.18. The Balaban J connectivity index is 1.40. The molecule has 0 atom stereocenters. The fourth-order valence-electron chi connectivity index (χ4n) is 4.21. The lowest BCUT2D eigenvalue weighted by atomic mass is 10.1. The summed E-state index contributed by atoms with van der Waals surface area (Å²) in [4.78, 5) is 12.5. The molecule has 0 amide bonds. The van der Waals surface area contributed by atoms with E-state index in [4.69, 9.17) is 4.74 Å². The second-order valence-electron chi connectivity index (χ2n) is 8.19. The van der Waals surface area contributed by atoms with Gasteiger partial charge in [-0.05, 0) is 61.9 Å². The van der Waals surface area contributed by atoms with Gasteiger partial charge in [0, 0.05) is 33.2 Å². The Labute approximate surface area is 205 Å². The summed E-state index contributed by atoms with van der Waals surface area (Å²) in [6, 6.07) is 24.0. The summed E-state index contributed by atoms with van der Waals surface area (Å²) in [6.07, 6.45) is 1.85. The molecule has 6 nitrogen and oxygen atoms in total.